The van der Waals surface area contributed by atoms with Crippen molar-refractivity contribution in [2.75, 3.05) is 59.3 Å². The fraction of sp³-hybridized carbons (Fsp3) is 0.390. The number of benzene rings is 3. The third kappa shape index (κ3) is 5.94. The van der Waals surface area contributed by atoms with Crippen molar-refractivity contribution in [1.82, 2.24) is 29.5 Å². The maximum atomic E-state index is 17.4. The summed E-state index contributed by atoms with van der Waals surface area (Å²) in [4.78, 5) is 26.5. The summed E-state index contributed by atoms with van der Waals surface area (Å²) in [7, 11) is 8.03. The molecular weight excluding hydrogens is 654 g/mol. The average Bonchev–Trinajstić information content (AvgIpc) is 3.55. The fourth-order valence-corrected chi connectivity index (χ4v) is 8.02. The Hall–Kier alpha value is -5.36. The summed E-state index contributed by atoms with van der Waals surface area (Å²) in [6.45, 7) is 6.68. The van der Waals surface area contributed by atoms with E-state index in [1.165, 1.54) is 0 Å². The number of hydrogen-bond acceptors (Lipinski definition) is 8. The molecule has 0 bridgehead atoms. The first kappa shape index (κ1) is 35.1. The van der Waals surface area contributed by atoms with Crippen LogP contribution in [-0.4, -0.2) is 101 Å². The summed E-state index contributed by atoms with van der Waals surface area (Å²) >= 11 is 0. The Morgan fingerprint density at radius 2 is 1.87 bits per heavy atom. The van der Waals surface area contributed by atoms with Gasteiger partial charge >= 0.3 is 0 Å². The number of halogens is 1. The highest BCUT2D eigenvalue weighted by molar-refractivity contribution is 6.11. The van der Waals surface area contributed by atoms with Crippen LogP contribution in [0.2, 0.25) is 0 Å². The van der Waals surface area contributed by atoms with Crippen LogP contribution in [0.4, 0.5) is 10.2 Å². The minimum atomic E-state index is -0.436. The van der Waals surface area contributed by atoms with Crippen molar-refractivity contribution < 1.29 is 9.18 Å². The smallest absolute Gasteiger partial charge is 0.246 e. The molecule has 0 saturated carbocycles. The summed E-state index contributed by atoms with van der Waals surface area (Å²) in [5.41, 5.74) is 3.29. The number of aryl methyl sites for hydroxylation is 1. The van der Waals surface area contributed by atoms with E-state index in [4.69, 9.17) is 10.1 Å². The number of carbonyl (C=O) groups excluding carboxylic acids is 1. The second-order valence-corrected chi connectivity index (χ2v) is 15.0. The molecule has 10 nitrogen and oxygen atoms in total. The van der Waals surface area contributed by atoms with Gasteiger partial charge in [0.15, 0.2) is 5.82 Å². The molecule has 4 heterocycles. The van der Waals surface area contributed by atoms with Crippen molar-refractivity contribution in [2.45, 2.75) is 50.7 Å². The van der Waals surface area contributed by atoms with Crippen LogP contribution >= 0.6 is 0 Å². The number of anilines is 1. The summed E-state index contributed by atoms with van der Waals surface area (Å²) in [5, 5.41) is 27.8. The predicted molar refractivity (Wildman–Crippen MR) is 203 cm³/mol. The molecule has 0 spiro atoms. The van der Waals surface area contributed by atoms with Crippen molar-refractivity contribution >= 4 is 44.3 Å². The van der Waals surface area contributed by atoms with Crippen LogP contribution < -0.4 is 4.90 Å². The Morgan fingerprint density at radius 3 is 2.56 bits per heavy atom. The second kappa shape index (κ2) is 13.6. The maximum absolute atomic E-state index is 17.4. The predicted octanol–water partition coefficient (Wildman–Crippen LogP) is 6.43. The lowest BCUT2D eigenvalue weighted by Crippen LogP contribution is -2.67. The topological polar surface area (TPSA) is 108 Å². The van der Waals surface area contributed by atoms with E-state index in [2.05, 4.69) is 43.0 Å². The van der Waals surface area contributed by atoms with E-state index in [1.807, 2.05) is 79.3 Å². The third-order valence-corrected chi connectivity index (χ3v) is 11.1. The Kier molecular flexibility index (Phi) is 9.20. The fourth-order valence-electron chi connectivity index (χ4n) is 8.02. The average molecular weight is 698 g/mol. The zero-order valence-electron chi connectivity index (χ0n) is 30.7. The van der Waals surface area contributed by atoms with E-state index in [0.29, 0.717) is 59.2 Å². The van der Waals surface area contributed by atoms with Gasteiger partial charge in [-0.1, -0.05) is 36.4 Å². The molecule has 2 aliphatic rings. The van der Waals surface area contributed by atoms with Gasteiger partial charge in [0, 0.05) is 54.6 Å². The number of amides is 1. The van der Waals surface area contributed by atoms with Crippen LogP contribution in [-0.2, 0) is 4.79 Å². The highest BCUT2D eigenvalue weighted by Crippen LogP contribution is 2.43. The molecule has 2 aromatic heterocycles. The summed E-state index contributed by atoms with van der Waals surface area (Å²) < 4.78 is 19.4. The van der Waals surface area contributed by atoms with Gasteiger partial charge in [-0.3, -0.25) is 9.48 Å². The van der Waals surface area contributed by atoms with Crippen molar-refractivity contribution in [3.63, 3.8) is 0 Å². The molecule has 1 amide bonds. The van der Waals surface area contributed by atoms with Gasteiger partial charge < -0.3 is 19.6 Å². The molecule has 3 aromatic carbocycles. The lowest BCUT2D eigenvalue weighted by atomic mass is 9.89. The first-order chi connectivity index (χ1) is 24.9. The third-order valence-electron chi connectivity index (χ3n) is 11.1. The number of pyridine rings is 1. The van der Waals surface area contributed by atoms with Crippen LogP contribution in [0.1, 0.15) is 43.4 Å². The van der Waals surface area contributed by atoms with Crippen molar-refractivity contribution in [1.29, 1.82) is 10.5 Å². The lowest BCUT2D eigenvalue weighted by molar-refractivity contribution is -0.130. The standard InChI is InChI=1S/C41H44FN9O/c1-26-20-32-38(37(42)35(26)31-13-8-11-27-10-7-12-28(22-44)36(27)31)46-40(49-24-41(2,25-49)48(5)6)33-23-45-51(39(32)33)30-16-19-50(29(21-30)15-17-43)34(52)14-9-18-47(3)4/h7-14,20,23,29-30H,15-16,18-19,21,24-25H2,1-6H3/b14-9+/t29-,30+/m1/s1. The molecule has 0 unspecified atom stereocenters. The van der Waals surface area contributed by atoms with Gasteiger partial charge in [0.2, 0.25) is 5.91 Å². The van der Waals surface area contributed by atoms with Crippen LogP contribution in [0.5, 0.6) is 0 Å². The summed E-state index contributed by atoms with van der Waals surface area (Å²) in [6.07, 6.45) is 6.69. The van der Waals surface area contributed by atoms with E-state index < -0.39 is 5.82 Å². The molecule has 2 atom stereocenters. The molecule has 0 radical (unpaired) electrons. The number of fused-ring (bicyclic) bond motifs is 4. The zero-order chi connectivity index (χ0) is 36.9. The Labute approximate surface area is 303 Å². The van der Waals surface area contributed by atoms with Gasteiger partial charge in [0.25, 0.3) is 0 Å². The van der Waals surface area contributed by atoms with Crippen LogP contribution in [0.3, 0.4) is 0 Å². The highest BCUT2D eigenvalue weighted by Gasteiger charge is 2.42. The van der Waals surface area contributed by atoms with E-state index in [-0.39, 0.29) is 35.5 Å². The molecule has 2 aliphatic heterocycles. The largest absolute Gasteiger partial charge is 0.352 e. The van der Waals surface area contributed by atoms with Gasteiger partial charge in [-0.25, -0.2) is 9.37 Å². The summed E-state index contributed by atoms with van der Waals surface area (Å²) in [6, 6.07) is 17.5. The SMILES string of the molecule is Cc1cc2c(nc(N3CC(C)(N(C)C)C3)c3cnn([C@H]4CCN(C(=O)/C=C/CN(C)C)[C@H](CC#N)C4)c32)c(F)c1-c1cccc2cccc(C#N)c12. The molecule has 5 aromatic rings. The van der Waals surface area contributed by atoms with E-state index in [1.54, 1.807) is 17.0 Å². The number of carbonyl (C=O) groups is 1. The molecule has 0 N–H and O–H groups in total. The molecule has 0 aliphatic carbocycles. The van der Waals surface area contributed by atoms with Crippen LogP contribution in [0.25, 0.3) is 43.7 Å². The van der Waals surface area contributed by atoms with Crippen LogP contribution in [0, 0.1) is 35.4 Å². The minimum absolute atomic E-state index is 0.0581. The van der Waals surface area contributed by atoms with E-state index in [9.17, 15) is 15.3 Å². The molecule has 2 saturated heterocycles. The maximum Gasteiger partial charge on any atom is 0.246 e. The number of nitrogens with zero attached hydrogens (tertiary/aromatic N) is 9. The first-order valence-electron chi connectivity index (χ1n) is 17.8. The number of hydrogen-bond donors (Lipinski definition) is 0. The number of rotatable bonds is 8. The minimum Gasteiger partial charge on any atom is -0.352 e. The Balaban J connectivity index is 1.38. The monoisotopic (exact) mass is 697 g/mol. The van der Waals surface area contributed by atoms with Crippen LogP contribution in [0.15, 0.2) is 60.8 Å². The summed E-state index contributed by atoms with van der Waals surface area (Å²) in [5.74, 6) is 0.154. The van der Waals surface area contributed by atoms with Gasteiger partial charge in [-0.05, 0) is 83.5 Å². The number of nitriles is 2. The number of piperidine rings is 1. The quantitative estimate of drug-likeness (QED) is 0.171. The second-order valence-electron chi connectivity index (χ2n) is 15.0. The number of aromatic nitrogens is 3. The highest BCUT2D eigenvalue weighted by atomic mass is 19.1. The Morgan fingerprint density at radius 1 is 1.12 bits per heavy atom. The van der Waals surface area contributed by atoms with Gasteiger partial charge in [-0.15, -0.1) is 0 Å². The zero-order valence-corrected chi connectivity index (χ0v) is 30.7. The van der Waals surface area contributed by atoms with Gasteiger partial charge in [0.1, 0.15) is 11.3 Å². The van der Waals surface area contributed by atoms with Crippen molar-refractivity contribution in [2.24, 2.45) is 0 Å². The van der Waals surface area contributed by atoms with Gasteiger partial charge in [0.05, 0.1) is 52.8 Å². The molecular formula is C41H44FN9O. The lowest BCUT2D eigenvalue weighted by Gasteiger charge is -2.52. The normalized spacial score (nSPS) is 18.8. The molecule has 266 valence electrons. The molecule has 7 rings (SSSR count). The Bertz CT molecular complexity index is 2320. The molecule has 52 heavy (non-hydrogen) atoms. The van der Waals surface area contributed by atoms with E-state index >= 15 is 4.39 Å². The molecule has 2 fully saturated rings. The molecule has 11 heteroatoms. The number of likely N-dealkylation sites (N-methyl/N-ethyl adjacent to an activating group) is 2. The van der Waals surface area contributed by atoms with Gasteiger partial charge in [-0.2, -0.15) is 15.6 Å². The number of likely N-dealkylation sites (tertiary alicyclic amines) is 1. The van der Waals surface area contributed by atoms with Crippen molar-refractivity contribution in [3.8, 4) is 23.3 Å². The van der Waals surface area contributed by atoms with E-state index in [0.717, 1.165) is 34.9 Å². The van der Waals surface area contributed by atoms with Crippen molar-refractivity contribution in [3.05, 3.63) is 77.8 Å². The first-order valence-corrected chi connectivity index (χ1v) is 17.8.